The van der Waals surface area contributed by atoms with Gasteiger partial charge in [0.2, 0.25) is 0 Å². The number of hydrogen-bond acceptors (Lipinski definition) is 4. The fourth-order valence-corrected chi connectivity index (χ4v) is 2.99. The smallest absolute Gasteiger partial charge is 0.123 e. The van der Waals surface area contributed by atoms with Crippen LogP contribution in [0.5, 0.6) is 0 Å². The number of hydrogen-bond donors (Lipinski definition) is 2. The number of nitrogens with one attached hydrogen (secondary N) is 1. The molecule has 0 aliphatic carbocycles. The quantitative estimate of drug-likeness (QED) is 0.885. The number of aromatic nitrogens is 2. The first-order chi connectivity index (χ1) is 11.1. The Morgan fingerprint density at radius 2 is 2.35 bits per heavy atom. The predicted octanol–water partition coefficient (Wildman–Crippen LogP) is 2.02. The zero-order chi connectivity index (χ0) is 16.4. The molecule has 0 amide bonds. The Kier molecular flexibility index (Phi) is 4.75. The Bertz CT molecular complexity index is 674. The topological polar surface area (TPSA) is 59.3 Å². The van der Waals surface area contributed by atoms with Crippen molar-refractivity contribution in [3.63, 3.8) is 0 Å². The summed E-state index contributed by atoms with van der Waals surface area (Å²) in [7, 11) is 1.91. The van der Waals surface area contributed by atoms with Crippen LogP contribution in [0.1, 0.15) is 35.4 Å². The lowest BCUT2D eigenvalue weighted by Gasteiger charge is -2.22. The molecule has 0 saturated carbocycles. The van der Waals surface area contributed by atoms with Gasteiger partial charge in [-0.05, 0) is 31.0 Å². The minimum absolute atomic E-state index is 0.0663. The molecule has 0 radical (unpaired) electrons. The van der Waals surface area contributed by atoms with E-state index in [0.717, 1.165) is 17.7 Å². The van der Waals surface area contributed by atoms with E-state index >= 15 is 0 Å². The van der Waals surface area contributed by atoms with E-state index in [1.54, 1.807) is 12.1 Å². The van der Waals surface area contributed by atoms with Crippen molar-refractivity contribution >= 4 is 0 Å². The highest BCUT2D eigenvalue weighted by atomic mass is 19.1. The second kappa shape index (κ2) is 6.78. The molecule has 0 bridgehead atoms. The van der Waals surface area contributed by atoms with Gasteiger partial charge in [-0.15, -0.1) is 0 Å². The van der Waals surface area contributed by atoms with E-state index in [9.17, 15) is 9.50 Å². The zero-order valence-corrected chi connectivity index (χ0v) is 13.4. The van der Waals surface area contributed by atoms with Crippen molar-refractivity contribution in [2.24, 2.45) is 7.05 Å². The molecule has 2 aromatic rings. The van der Waals surface area contributed by atoms with E-state index < -0.39 is 6.10 Å². The number of halogens is 1. The molecule has 6 heteroatoms. The summed E-state index contributed by atoms with van der Waals surface area (Å²) in [5, 5.41) is 17.8. The highest BCUT2D eigenvalue weighted by Gasteiger charge is 2.32. The summed E-state index contributed by atoms with van der Waals surface area (Å²) in [5.74, 6) is -0.338. The molecule has 1 fully saturated rings. The van der Waals surface area contributed by atoms with Gasteiger partial charge < -0.3 is 15.2 Å². The first kappa shape index (κ1) is 16.1. The van der Waals surface area contributed by atoms with Gasteiger partial charge in [0, 0.05) is 37.5 Å². The molecule has 0 spiro atoms. The maximum atomic E-state index is 13.2. The van der Waals surface area contributed by atoms with Crippen LogP contribution in [0.15, 0.2) is 30.5 Å². The molecule has 3 atom stereocenters. The number of aliphatic hydroxyl groups is 1. The highest BCUT2D eigenvalue weighted by molar-refractivity contribution is 5.22. The van der Waals surface area contributed by atoms with Crippen LogP contribution >= 0.6 is 0 Å². The third-order valence-corrected chi connectivity index (χ3v) is 4.48. The van der Waals surface area contributed by atoms with E-state index in [0.29, 0.717) is 18.7 Å². The molecule has 1 aliphatic rings. The average molecular weight is 319 g/mol. The SMILES string of the molecule is Cc1c([C@H]2OCC[C@@H]2NC[C@@H](O)c2cccc(F)c2)cnn1C. The highest BCUT2D eigenvalue weighted by Crippen LogP contribution is 2.31. The number of ether oxygens (including phenoxy) is 1. The molecule has 124 valence electrons. The van der Waals surface area contributed by atoms with Crippen molar-refractivity contribution in [3.8, 4) is 0 Å². The van der Waals surface area contributed by atoms with Gasteiger partial charge >= 0.3 is 0 Å². The van der Waals surface area contributed by atoms with Crippen LogP contribution in [0.2, 0.25) is 0 Å². The number of aryl methyl sites for hydroxylation is 1. The van der Waals surface area contributed by atoms with Gasteiger partial charge in [-0.3, -0.25) is 4.68 Å². The van der Waals surface area contributed by atoms with Crippen LogP contribution in [0.3, 0.4) is 0 Å². The Hall–Kier alpha value is -1.76. The Morgan fingerprint density at radius 1 is 1.52 bits per heavy atom. The second-order valence-corrected chi connectivity index (χ2v) is 5.97. The number of nitrogens with zero attached hydrogens (tertiary/aromatic N) is 2. The minimum Gasteiger partial charge on any atom is -0.387 e. The van der Waals surface area contributed by atoms with Crippen molar-refractivity contribution in [2.45, 2.75) is 31.6 Å². The van der Waals surface area contributed by atoms with Gasteiger partial charge in [0.1, 0.15) is 11.9 Å². The molecule has 3 rings (SSSR count). The second-order valence-electron chi connectivity index (χ2n) is 5.97. The van der Waals surface area contributed by atoms with Crippen molar-refractivity contribution in [2.75, 3.05) is 13.2 Å². The summed E-state index contributed by atoms with van der Waals surface area (Å²) in [6.45, 7) is 3.04. The molecule has 0 unspecified atom stereocenters. The third-order valence-electron chi connectivity index (χ3n) is 4.48. The van der Waals surface area contributed by atoms with Gasteiger partial charge in [0.25, 0.3) is 0 Å². The molecule has 2 heterocycles. The van der Waals surface area contributed by atoms with E-state index in [1.165, 1.54) is 12.1 Å². The van der Waals surface area contributed by atoms with E-state index in [-0.39, 0.29) is 18.0 Å². The molecule has 2 N–H and O–H groups in total. The lowest BCUT2D eigenvalue weighted by Crippen LogP contribution is -2.35. The van der Waals surface area contributed by atoms with E-state index in [2.05, 4.69) is 10.4 Å². The maximum absolute atomic E-state index is 13.2. The number of aliphatic hydroxyl groups excluding tert-OH is 1. The fraction of sp³-hybridized carbons (Fsp3) is 0.471. The Morgan fingerprint density at radius 3 is 3.04 bits per heavy atom. The van der Waals surface area contributed by atoms with E-state index in [1.807, 2.05) is 24.9 Å². The zero-order valence-electron chi connectivity index (χ0n) is 13.4. The van der Waals surface area contributed by atoms with Crippen LogP contribution in [-0.2, 0) is 11.8 Å². The van der Waals surface area contributed by atoms with Gasteiger partial charge in [-0.2, -0.15) is 5.10 Å². The summed E-state index contributed by atoms with van der Waals surface area (Å²) >= 11 is 0. The lowest BCUT2D eigenvalue weighted by atomic mass is 10.0. The summed E-state index contributed by atoms with van der Waals surface area (Å²) < 4.78 is 20.9. The molecular weight excluding hydrogens is 297 g/mol. The number of benzene rings is 1. The molecular formula is C17H22FN3O2. The summed E-state index contributed by atoms with van der Waals surface area (Å²) in [6, 6.07) is 6.18. The Balaban J connectivity index is 1.64. The van der Waals surface area contributed by atoms with Gasteiger partial charge in [-0.25, -0.2) is 4.39 Å². The molecule has 23 heavy (non-hydrogen) atoms. The fourth-order valence-electron chi connectivity index (χ4n) is 2.99. The minimum atomic E-state index is -0.748. The van der Waals surface area contributed by atoms with Gasteiger partial charge in [0.15, 0.2) is 0 Å². The van der Waals surface area contributed by atoms with Gasteiger partial charge in [0.05, 0.1) is 12.3 Å². The van der Waals surface area contributed by atoms with Crippen molar-refractivity contribution in [1.82, 2.24) is 15.1 Å². The Labute approximate surface area is 135 Å². The molecule has 1 aromatic heterocycles. The summed E-state index contributed by atoms with van der Waals surface area (Å²) in [6.07, 6.45) is 1.89. The van der Waals surface area contributed by atoms with E-state index in [4.69, 9.17) is 4.74 Å². The summed E-state index contributed by atoms with van der Waals surface area (Å²) in [5.41, 5.74) is 2.72. The van der Waals surface area contributed by atoms with Crippen LogP contribution in [-0.4, -0.2) is 34.1 Å². The first-order valence-electron chi connectivity index (χ1n) is 7.83. The first-order valence-corrected chi connectivity index (χ1v) is 7.83. The largest absolute Gasteiger partial charge is 0.387 e. The van der Waals surface area contributed by atoms with Crippen molar-refractivity contribution < 1.29 is 14.2 Å². The molecule has 1 aliphatic heterocycles. The molecule has 1 aromatic carbocycles. The van der Waals surface area contributed by atoms with Gasteiger partial charge in [-0.1, -0.05) is 12.1 Å². The van der Waals surface area contributed by atoms with Crippen molar-refractivity contribution in [1.29, 1.82) is 0 Å². The lowest BCUT2D eigenvalue weighted by molar-refractivity contribution is 0.0929. The van der Waals surface area contributed by atoms with Crippen LogP contribution in [0.4, 0.5) is 4.39 Å². The standard InChI is InChI=1S/C17H22FN3O2/c1-11-14(9-20-21(11)2)17-15(6-7-23-17)19-10-16(22)12-4-3-5-13(18)8-12/h3-5,8-9,15-17,19,22H,6-7,10H2,1-2H3/t15-,16+,17+/m0/s1. The monoisotopic (exact) mass is 319 g/mol. The number of rotatable bonds is 5. The van der Waals surface area contributed by atoms with Crippen molar-refractivity contribution in [3.05, 3.63) is 53.1 Å². The average Bonchev–Trinajstić information content (AvgIpc) is 3.12. The normalized spacial score (nSPS) is 22.4. The molecule has 1 saturated heterocycles. The molecule has 5 nitrogen and oxygen atoms in total. The maximum Gasteiger partial charge on any atom is 0.123 e. The van der Waals surface area contributed by atoms with Crippen LogP contribution in [0.25, 0.3) is 0 Å². The summed E-state index contributed by atoms with van der Waals surface area (Å²) in [4.78, 5) is 0. The van der Waals surface area contributed by atoms with Crippen LogP contribution < -0.4 is 5.32 Å². The predicted molar refractivity (Wildman–Crippen MR) is 84.4 cm³/mol. The third kappa shape index (κ3) is 3.44. The van der Waals surface area contributed by atoms with Crippen LogP contribution in [0, 0.1) is 12.7 Å².